The topological polar surface area (TPSA) is 39.1 Å². The molecule has 1 heterocycles. The van der Waals surface area contributed by atoms with Gasteiger partial charge in [0.25, 0.3) is 0 Å². The van der Waals surface area contributed by atoms with E-state index in [0.29, 0.717) is 12.6 Å². The quantitative estimate of drug-likeness (QED) is 0.686. The number of rotatable bonds is 4. The van der Waals surface area contributed by atoms with Gasteiger partial charge >= 0.3 is 0 Å². The van der Waals surface area contributed by atoms with Crippen molar-refractivity contribution in [1.82, 2.24) is 15.0 Å². The number of hydroxylamine groups is 1. The highest BCUT2D eigenvalue weighted by Gasteiger charge is 2.03. The molecule has 0 fully saturated rings. The summed E-state index contributed by atoms with van der Waals surface area (Å²) < 4.78 is 2.10. The molecule has 0 aliphatic rings. The van der Waals surface area contributed by atoms with Crippen LogP contribution in [0.25, 0.3) is 0 Å². The molecule has 4 nitrogen and oxygen atoms in total. The Bertz CT molecular complexity index is 232. The molecule has 0 spiro atoms. The van der Waals surface area contributed by atoms with Crippen LogP contribution >= 0.6 is 0 Å². The second-order valence-electron chi connectivity index (χ2n) is 2.91. The predicted molar refractivity (Wildman–Crippen MR) is 46.5 cm³/mol. The fraction of sp³-hybridized carbons (Fsp3) is 0.625. The van der Waals surface area contributed by atoms with Gasteiger partial charge in [-0.25, -0.2) is 4.98 Å². The molecule has 0 saturated carbocycles. The molecular formula is C8H15N3O. The first-order valence-electron chi connectivity index (χ1n) is 4.02. The van der Waals surface area contributed by atoms with E-state index in [2.05, 4.69) is 28.9 Å². The average molecular weight is 169 g/mol. The van der Waals surface area contributed by atoms with Crippen molar-refractivity contribution >= 4 is 0 Å². The second-order valence-corrected chi connectivity index (χ2v) is 2.91. The van der Waals surface area contributed by atoms with Crippen molar-refractivity contribution < 1.29 is 4.84 Å². The van der Waals surface area contributed by atoms with Gasteiger partial charge < -0.3 is 9.40 Å². The monoisotopic (exact) mass is 169 g/mol. The Morgan fingerprint density at radius 1 is 1.67 bits per heavy atom. The fourth-order valence-electron chi connectivity index (χ4n) is 1.08. The number of imidazole rings is 1. The minimum atomic E-state index is 0.446. The molecule has 0 atom stereocenters. The SMILES string of the molecule is CONCc1cncn1C(C)C. The largest absolute Gasteiger partial charge is 0.331 e. The van der Waals surface area contributed by atoms with Gasteiger partial charge in [0.15, 0.2) is 0 Å². The molecule has 0 bridgehead atoms. The van der Waals surface area contributed by atoms with Crippen LogP contribution in [-0.2, 0) is 11.4 Å². The van der Waals surface area contributed by atoms with E-state index in [4.69, 9.17) is 4.84 Å². The molecule has 0 aliphatic heterocycles. The summed E-state index contributed by atoms with van der Waals surface area (Å²) in [6.07, 6.45) is 3.67. The second kappa shape index (κ2) is 4.23. The van der Waals surface area contributed by atoms with Crippen molar-refractivity contribution in [2.45, 2.75) is 26.4 Å². The fourth-order valence-corrected chi connectivity index (χ4v) is 1.08. The smallest absolute Gasteiger partial charge is 0.0951 e. The molecule has 0 saturated heterocycles. The first-order valence-corrected chi connectivity index (χ1v) is 4.02. The van der Waals surface area contributed by atoms with Crippen molar-refractivity contribution in [3.05, 3.63) is 18.2 Å². The Morgan fingerprint density at radius 3 is 3.00 bits per heavy atom. The van der Waals surface area contributed by atoms with Gasteiger partial charge in [0, 0.05) is 12.2 Å². The Hall–Kier alpha value is -0.870. The summed E-state index contributed by atoms with van der Waals surface area (Å²) >= 11 is 0. The van der Waals surface area contributed by atoms with Gasteiger partial charge in [-0.1, -0.05) is 0 Å². The van der Waals surface area contributed by atoms with Crippen molar-refractivity contribution in [3.63, 3.8) is 0 Å². The van der Waals surface area contributed by atoms with Crippen molar-refractivity contribution in [1.29, 1.82) is 0 Å². The van der Waals surface area contributed by atoms with Gasteiger partial charge in [-0.05, 0) is 13.8 Å². The first-order chi connectivity index (χ1) is 5.75. The van der Waals surface area contributed by atoms with Gasteiger partial charge in [-0.15, -0.1) is 0 Å². The summed E-state index contributed by atoms with van der Waals surface area (Å²) in [4.78, 5) is 8.82. The van der Waals surface area contributed by atoms with Crippen LogP contribution in [0.4, 0.5) is 0 Å². The average Bonchev–Trinajstić information content (AvgIpc) is 2.48. The minimum absolute atomic E-state index is 0.446. The maximum absolute atomic E-state index is 4.76. The Balaban J connectivity index is 2.64. The lowest BCUT2D eigenvalue weighted by molar-refractivity contribution is 0.0848. The summed E-state index contributed by atoms with van der Waals surface area (Å²) in [5, 5.41) is 0. The standard InChI is InChI=1S/C8H15N3O/c1-7(2)11-6-9-4-8(11)5-10-12-3/h4,6-7,10H,5H2,1-3H3. The highest BCUT2D eigenvalue weighted by molar-refractivity contribution is 4.98. The van der Waals surface area contributed by atoms with E-state index in [9.17, 15) is 0 Å². The Morgan fingerprint density at radius 2 is 2.42 bits per heavy atom. The van der Waals surface area contributed by atoms with Gasteiger partial charge in [-0.2, -0.15) is 5.48 Å². The Kier molecular flexibility index (Phi) is 3.25. The van der Waals surface area contributed by atoms with Gasteiger partial charge in [-0.3, -0.25) is 0 Å². The van der Waals surface area contributed by atoms with E-state index < -0.39 is 0 Å². The van der Waals surface area contributed by atoms with Crippen LogP contribution in [0.2, 0.25) is 0 Å². The highest BCUT2D eigenvalue weighted by atomic mass is 16.6. The zero-order chi connectivity index (χ0) is 8.97. The van der Waals surface area contributed by atoms with Crippen LogP contribution in [-0.4, -0.2) is 16.7 Å². The summed E-state index contributed by atoms with van der Waals surface area (Å²) in [6.45, 7) is 4.94. The van der Waals surface area contributed by atoms with Crippen LogP contribution in [0.3, 0.4) is 0 Å². The van der Waals surface area contributed by atoms with Gasteiger partial charge in [0.05, 0.1) is 25.7 Å². The summed E-state index contributed by atoms with van der Waals surface area (Å²) in [7, 11) is 1.61. The van der Waals surface area contributed by atoms with Crippen LogP contribution in [0.5, 0.6) is 0 Å². The molecule has 0 unspecified atom stereocenters. The van der Waals surface area contributed by atoms with E-state index >= 15 is 0 Å². The maximum atomic E-state index is 4.76. The third-order valence-electron chi connectivity index (χ3n) is 1.70. The lowest BCUT2D eigenvalue weighted by atomic mass is 10.3. The molecule has 68 valence electrons. The van der Waals surface area contributed by atoms with E-state index in [1.165, 1.54) is 0 Å². The van der Waals surface area contributed by atoms with E-state index in [1.807, 2.05) is 12.5 Å². The maximum Gasteiger partial charge on any atom is 0.0951 e. The molecular weight excluding hydrogens is 154 g/mol. The number of nitrogens with one attached hydrogen (secondary N) is 1. The molecule has 1 rings (SSSR count). The molecule has 0 radical (unpaired) electrons. The molecule has 0 amide bonds. The number of aromatic nitrogens is 2. The van der Waals surface area contributed by atoms with Crippen LogP contribution < -0.4 is 5.48 Å². The normalized spacial score (nSPS) is 11.0. The molecule has 4 heteroatoms. The lowest BCUT2D eigenvalue weighted by Gasteiger charge is -2.11. The molecule has 0 aromatic carbocycles. The third-order valence-corrected chi connectivity index (χ3v) is 1.70. The summed E-state index contributed by atoms with van der Waals surface area (Å²) in [5.41, 5.74) is 3.92. The van der Waals surface area contributed by atoms with Crippen LogP contribution in [0.1, 0.15) is 25.6 Å². The summed E-state index contributed by atoms with van der Waals surface area (Å²) in [5.74, 6) is 0. The van der Waals surface area contributed by atoms with E-state index in [1.54, 1.807) is 7.11 Å². The van der Waals surface area contributed by atoms with Crippen LogP contribution in [0.15, 0.2) is 12.5 Å². The van der Waals surface area contributed by atoms with Crippen LogP contribution in [0, 0.1) is 0 Å². The van der Waals surface area contributed by atoms with Crippen molar-refractivity contribution in [2.24, 2.45) is 0 Å². The first kappa shape index (κ1) is 9.22. The minimum Gasteiger partial charge on any atom is -0.331 e. The number of hydrogen-bond donors (Lipinski definition) is 1. The Labute approximate surface area is 72.5 Å². The summed E-state index contributed by atoms with van der Waals surface area (Å²) in [6, 6.07) is 0.446. The highest BCUT2D eigenvalue weighted by Crippen LogP contribution is 2.07. The lowest BCUT2D eigenvalue weighted by Crippen LogP contribution is -2.15. The molecule has 1 N–H and O–H groups in total. The zero-order valence-electron chi connectivity index (χ0n) is 7.74. The molecule has 1 aromatic heterocycles. The van der Waals surface area contributed by atoms with Crippen molar-refractivity contribution in [2.75, 3.05) is 7.11 Å². The van der Waals surface area contributed by atoms with Gasteiger partial charge in [0.1, 0.15) is 0 Å². The zero-order valence-corrected chi connectivity index (χ0v) is 7.74. The van der Waals surface area contributed by atoms with Gasteiger partial charge in [0.2, 0.25) is 0 Å². The van der Waals surface area contributed by atoms with Crippen molar-refractivity contribution in [3.8, 4) is 0 Å². The predicted octanol–water partition coefficient (Wildman–Crippen LogP) is 1.11. The molecule has 0 aliphatic carbocycles. The molecule has 1 aromatic rings. The molecule has 12 heavy (non-hydrogen) atoms. The van der Waals surface area contributed by atoms with E-state index in [-0.39, 0.29) is 0 Å². The third kappa shape index (κ3) is 2.06. The van der Waals surface area contributed by atoms with E-state index in [0.717, 1.165) is 5.69 Å². The number of nitrogens with zero attached hydrogens (tertiary/aromatic N) is 2. The number of hydrogen-bond acceptors (Lipinski definition) is 3.